The van der Waals surface area contributed by atoms with Crippen molar-refractivity contribution in [2.45, 2.75) is 25.9 Å². The summed E-state index contributed by atoms with van der Waals surface area (Å²) < 4.78 is 20.6. The largest absolute Gasteiger partial charge is 0.490 e. The van der Waals surface area contributed by atoms with E-state index < -0.39 is 0 Å². The van der Waals surface area contributed by atoms with Crippen molar-refractivity contribution in [1.82, 2.24) is 0 Å². The molecule has 1 nitrogen and oxygen atoms in total. The first-order valence-corrected chi connectivity index (χ1v) is 7.49. The summed E-state index contributed by atoms with van der Waals surface area (Å²) in [5.74, 6) is 0.663. The Kier molecular flexibility index (Phi) is 3.16. The minimum absolute atomic E-state index is 0.188. The summed E-state index contributed by atoms with van der Waals surface area (Å²) in [6.45, 7) is 2.06. The van der Waals surface area contributed by atoms with Gasteiger partial charge < -0.3 is 4.74 Å². The molecule has 0 saturated carbocycles. The fourth-order valence-electron chi connectivity index (χ4n) is 2.24. The molecule has 0 bridgehead atoms. The first-order valence-electron chi connectivity index (χ1n) is 5.88. The maximum absolute atomic E-state index is 13.7. The van der Waals surface area contributed by atoms with Crippen molar-refractivity contribution in [3.05, 3.63) is 39.4 Å². The van der Waals surface area contributed by atoms with E-state index >= 15 is 0 Å². The van der Waals surface area contributed by atoms with Crippen LogP contribution in [0.2, 0.25) is 0 Å². The summed E-state index contributed by atoms with van der Waals surface area (Å²) in [4.78, 5) is 1.03. The van der Waals surface area contributed by atoms with Crippen molar-refractivity contribution < 1.29 is 9.13 Å². The maximum atomic E-state index is 13.7. The van der Waals surface area contributed by atoms with Crippen molar-refractivity contribution >= 4 is 27.3 Å². The summed E-state index contributed by atoms with van der Waals surface area (Å²) in [6.07, 6.45) is 2.03. The summed E-state index contributed by atoms with van der Waals surface area (Å²) in [7, 11) is 0. The van der Waals surface area contributed by atoms with E-state index in [9.17, 15) is 4.39 Å². The molecule has 0 aliphatic carbocycles. The van der Waals surface area contributed by atoms with Gasteiger partial charge in [-0.05, 0) is 65.5 Å². The van der Waals surface area contributed by atoms with Crippen LogP contribution in [-0.4, -0.2) is 6.10 Å². The quantitative estimate of drug-likeness (QED) is 0.714. The molecule has 2 heterocycles. The Bertz CT molecular complexity index is 593. The van der Waals surface area contributed by atoms with Crippen LogP contribution in [-0.2, 0) is 6.42 Å². The normalized spacial score (nSPS) is 18.3. The lowest BCUT2D eigenvalue weighted by Crippen LogP contribution is -2.19. The fraction of sp³-hybridized carbons (Fsp3) is 0.286. The minimum atomic E-state index is -0.188. The second-order valence-electron chi connectivity index (χ2n) is 4.51. The second kappa shape index (κ2) is 4.67. The molecule has 94 valence electrons. The van der Waals surface area contributed by atoms with E-state index in [-0.39, 0.29) is 11.9 Å². The predicted molar refractivity (Wildman–Crippen MR) is 75.8 cm³/mol. The molecule has 1 atom stereocenters. The predicted octanol–water partition coefficient (Wildman–Crippen LogP) is 5.03. The molecule has 2 aromatic rings. The third-order valence-corrected chi connectivity index (χ3v) is 4.77. The molecule has 3 rings (SSSR count). The third-order valence-electron chi connectivity index (χ3n) is 3.11. The molecule has 1 aliphatic heterocycles. The Labute approximate surface area is 118 Å². The van der Waals surface area contributed by atoms with Gasteiger partial charge >= 0.3 is 0 Å². The molecule has 0 N–H and O–H groups in total. The monoisotopic (exact) mass is 326 g/mol. The van der Waals surface area contributed by atoms with Crippen LogP contribution < -0.4 is 4.74 Å². The minimum Gasteiger partial charge on any atom is -0.490 e. The zero-order valence-electron chi connectivity index (χ0n) is 9.87. The number of benzene rings is 1. The summed E-state index contributed by atoms with van der Waals surface area (Å²) >= 11 is 5.03. The van der Waals surface area contributed by atoms with E-state index in [1.807, 2.05) is 12.1 Å². The number of rotatable bonds is 1. The number of halogens is 2. The molecule has 0 saturated heterocycles. The van der Waals surface area contributed by atoms with Crippen LogP contribution in [0.3, 0.4) is 0 Å². The highest BCUT2D eigenvalue weighted by Crippen LogP contribution is 2.42. The summed E-state index contributed by atoms with van der Waals surface area (Å²) in [5.41, 5.74) is 1.85. The van der Waals surface area contributed by atoms with Crippen LogP contribution in [0.5, 0.6) is 5.75 Å². The van der Waals surface area contributed by atoms with Crippen LogP contribution in [0.15, 0.2) is 28.1 Å². The molecule has 0 fully saturated rings. The summed E-state index contributed by atoms with van der Waals surface area (Å²) in [6, 6.07) is 7.12. The van der Waals surface area contributed by atoms with Gasteiger partial charge in [0.1, 0.15) is 11.6 Å². The van der Waals surface area contributed by atoms with Crippen LogP contribution >= 0.6 is 27.3 Å². The van der Waals surface area contributed by atoms with E-state index in [2.05, 4.69) is 22.9 Å². The Morgan fingerprint density at radius 2 is 2.22 bits per heavy atom. The highest BCUT2D eigenvalue weighted by Gasteiger charge is 2.22. The molecular weight excluding hydrogens is 315 g/mol. The summed E-state index contributed by atoms with van der Waals surface area (Å²) in [5, 5.41) is 0. The van der Waals surface area contributed by atoms with Crippen molar-refractivity contribution in [3.8, 4) is 16.2 Å². The van der Waals surface area contributed by atoms with Crippen molar-refractivity contribution in [2.24, 2.45) is 0 Å². The van der Waals surface area contributed by atoms with Crippen LogP contribution in [0.1, 0.15) is 18.9 Å². The van der Waals surface area contributed by atoms with Crippen molar-refractivity contribution in [1.29, 1.82) is 0 Å². The molecule has 1 aliphatic rings. The first kappa shape index (κ1) is 12.2. The van der Waals surface area contributed by atoms with E-state index in [4.69, 9.17) is 4.74 Å². The van der Waals surface area contributed by atoms with Crippen LogP contribution in [0.25, 0.3) is 10.4 Å². The molecule has 18 heavy (non-hydrogen) atoms. The first-order chi connectivity index (χ1) is 8.63. The molecule has 1 aromatic carbocycles. The van der Waals surface area contributed by atoms with Gasteiger partial charge in [-0.2, -0.15) is 0 Å². The highest BCUT2D eigenvalue weighted by molar-refractivity contribution is 9.11. The van der Waals surface area contributed by atoms with Gasteiger partial charge in [0.2, 0.25) is 0 Å². The zero-order valence-corrected chi connectivity index (χ0v) is 12.3. The smallest absolute Gasteiger partial charge is 0.131 e. The third kappa shape index (κ3) is 2.19. The Morgan fingerprint density at radius 1 is 1.39 bits per heavy atom. The Balaban J connectivity index is 2.16. The lowest BCUT2D eigenvalue weighted by Gasteiger charge is -2.25. The highest BCUT2D eigenvalue weighted by atomic mass is 79.9. The molecule has 0 radical (unpaired) electrons. The van der Waals surface area contributed by atoms with E-state index in [0.717, 1.165) is 38.4 Å². The average Bonchev–Trinajstić information content (AvgIpc) is 2.75. The number of aryl methyl sites for hydroxylation is 1. The number of hydrogen-bond acceptors (Lipinski definition) is 2. The lowest BCUT2D eigenvalue weighted by molar-refractivity contribution is 0.193. The SMILES string of the molecule is CC1CCc2cc(F)cc(-c3ccc(Br)s3)c2O1. The zero-order chi connectivity index (χ0) is 12.7. The van der Waals surface area contributed by atoms with Gasteiger partial charge in [-0.25, -0.2) is 4.39 Å². The second-order valence-corrected chi connectivity index (χ2v) is 6.98. The van der Waals surface area contributed by atoms with E-state index in [1.165, 1.54) is 0 Å². The number of thiophene rings is 1. The van der Waals surface area contributed by atoms with Crippen molar-refractivity contribution in [3.63, 3.8) is 0 Å². The number of fused-ring (bicyclic) bond motifs is 1. The van der Waals surface area contributed by atoms with E-state index in [0.29, 0.717) is 0 Å². The van der Waals surface area contributed by atoms with Crippen LogP contribution in [0.4, 0.5) is 4.39 Å². The average molecular weight is 327 g/mol. The molecule has 4 heteroatoms. The number of hydrogen-bond donors (Lipinski definition) is 0. The van der Waals surface area contributed by atoms with Gasteiger partial charge in [-0.3, -0.25) is 0 Å². The van der Waals surface area contributed by atoms with Crippen LogP contribution in [0, 0.1) is 5.82 Å². The van der Waals surface area contributed by atoms with Gasteiger partial charge in [0.15, 0.2) is 0 Å². The number of ether oxygens (including phenoxy) is 1. The van der Waals surface area contributed by atoms with Gasteiger partial charge in [0.25, 0.3) is 0 Å². The molecule has 1 aromatic heterocycles. The standard InChI is InChI=1S/C14H12BrFOS/c1-8-2-3-9-6-10(16)7-11(14(9)17-8)12-4-5-13(15)18-12/h4-8H,2-3H2,1H3. The molecule has 0 spiro atoms. The molecule has 0 amide bonds. The fourth-order valence-corrected chi connectivity index (χ4v) is 3.64. The van der Waals surface area contributed by atoms with E-state index in [1.54, 1.807) is 23.5 Å². The lowest BCUT2D eigenvalue weighted by atomic mass is 9.99. The van der Waals surface area contributed by atoms with Gasteiger partial charge in [0, 0.05) is 10.4 Å². The van der Waals surface area contributed by atoms with Gasteiger partial charge in [-0.15, -0.1) is 11.3 Å². The Hall–Kier alpha value is -0.870. The molecule has 1 unspecified atom stereocenters. The van der Waals surface area contributed by atoms with Crippen molar-refractivity contribution in [2.75, 3.05) is 0 Å². The van der Waals surface area contributed by atoms with Gasteiger partial charge in [-0.1, -0.05) is 0 Å². The topological polar surface area (TPSA) is 9.23 Å². The maximum Gasteiger partial charge on any atom is 0.131 e. The van der Waals surface area contributed by atoms with Gasteiger partial charge in [0.05, 0.1) is 9.89 Å². The Morgan fingerprint density at radius 3 is 2.94 bits per heavy atom. The molecular formula is C14H12BrFOS.